The van der Waals surface area contributed by atoms with Crippen molar-refractivity contribution in [3.8, 4) is 0 Å². The van der Waals surface area contributed by atoms with E-state index in [-0.39, 0.29) is 23.1 Å². The van der Waals surface area contributed by atoms with Gasteiger partial charge >= 0.3 is 0 Å². The first-order valence-electron chi connectivity index (χ1n) is 9.91. The van der Waals surface area contributed by atoms with E-state index in [1.54, 1.807) is 12.1 Å². The number of amides is 2. The Labute approximate surface area is 187 Å². The van der Waals surface area contributed by atoms with E-state index >= 15 is 0 Å². The molecule has 7 nitrogen and oxygen atoms in total. The lowest BCUT2D eigenvalue weighted by molar-refractivity contribution is -0.122. The second kappa shape index (κ2) is 9.42. The summed E-state index contributed by atoms with van der Waals surface area (Å²) in [5.74, 6) is -0.653. The molecule has 1 saturated heterocycles. The van der Waals surface area contributed by atoms with E-state index in [2.05, 4.69) is 16.0 Å². The number of thioether (sulfide) groups is 1. The standard InChI is InChI=1S/C22H27N3O4S2/c1-13-7-14(2)9-17(8-13)24-20(26)12-30-22-23-11-19(21(27)25-22)31(28,29)18-6-5-15(3)16(4)10-18/h5-10,19,22-23H,11-12H2,1-4H3,(H,24,26)(H,25,27). The number of aryl methyl sites for hydroxylation is 4. The van der Waals surface area contributed by atoms with Gasteiger partial charge in [-0.1, -0.05) is 12.1 Å². The van der Waals surface area contributed by atoms with Crippen LogP contribution in [-0.4, -0.2) is 43.3 Å². The van der Waals surface area contributed by atoms with Crippen LogP contribution in [0.4, 0.5) is 5.69 Å². The van der Waals surface area contributed by atoms with Gasteiger partial charge in [-0.15, -0.1) is 11.8 Å². The Bertz CT molecular complexity index is 1100. The molecule has 166 valence electrons. The van der Waals surface area contributed by atoms with E-state index in [4.69, 9.17) is 0 Å². The first-order chi connectivity index (χ1) is 14.6. The zero-order chi connectivity index (χ0) is 22.8. The smallest absolute Gasteiger partial charge is 0.241 e. The second-order valence-corrected chi connectivity index (χ2v) is 11.0. The van der Waals surface area contributed by atoms with Gasteiger partial charge in [0, 0.05) is 12.2 Å². The average Bonchev–Trinajstić information content (AvgIpc) is 2.67. The fourth-order valence-electron chi connectivity index (χ4n) is 3.39. The van der Waals surface area contributed by atoms with E-state index in [1.807, 2.05) is 45.9 Å². The van der Waals surface area contributed by atoms with E-state index in [9.17, 15) is 18.0 Å². The number of nitrogens with one attached hydrogen (secondary N) is 3. The molecule has 0 aliphatic carbocycles. The average molecular weight is 462 g/mol. The van der Waals surface area contributed by atoms with Crippen molar-refractivity contribution in [2.45, 2.75) is 43.3 Å². The molecule has 1 aliphatic rings. The molecule has 1 fully saturated rings. The number of benzene rings is 2. The molecule has 0 bridgehead atoms. The van der Waals surface area contributed by atoms with Gasteiger partial charge in [-0.05, 0) is 74.2 Å². The molecule has 3 rings (SSSR count). The van der Waals surface area contributed by atoms with Crippen LogP contribution >= 0.6 is 11.8 Å². The second-order valence-electron chi connectivity index (χ2n) is 7.81. The summed E-state index contributed by atoms with van der Waals surface area (Å²) in [4.78, 5) is 24.9. The molecule has 9 heteroatoms. The van der Waals surface area contributed by atoms with Gasteiger partial charge < -0.3 is 10.6 Å². The van der Waals surface area contributed by atoms with Crippen molar-refractivity contribution < 1.29 is 18.0 Å². The zero-order valence-electron chi connectivity index (χ0n) is 18.0. The molecule has 2 unspecified atom stereocenters. The lowest BCUT2D eigenvalue weighted by Gasteiger charge is -2.29. The summed E-state index contributed by atoms with van der Waals surface area (Å²) in [6.45, 7) is 7.64. The Morgan fingerprint density at radius 2 is 1.74 bits per heavy atom. The Morgan fingerprint density at radius 1 is 1.06 bits per heavy atom. The van der Waals surface area contributed by atoms with Crippen molar-refractivity contribution in [3.63, 3.8) is 0 Å². The molecule has 3 N–H and O–H groups in total. The fraction of sp³-hybridized carbons (Fsp3) is 0.364. The Kier molecular flexibility index (Phi) is 7.08. The SMILES string of the molecule is Cc1cc(C)cc(NC(=O)CSC2NCC(S(=O)(=O)c3ccc(C)c(C)c3)C(=O)N2)c1. The molecular weight excluding hydrogens is 434 g/mol. The van der Waals surface area contributed by atoms with Crippen molar-refractivity contribution in [3.05, 3.63) is 58.7 Å². The Morgan fingerprint density at radius 3 is 2.35 bits per heavy atom. The number of rotatable bonds is 6. The highest BCUT2D eigenvalue weighted by molar-refractivity contribution is 8.00. The lowest BCUT2D eigenvalue weighted by Crippen LogP contribution is -2.59. The number of anilines is 1. The van der Waals surface area contributed by atoms with Crippen LogP contribution in [0.25, 0.3) is 0 Å². The van der Waals surface area contributed by atoms with Crippen LogP contribution in [0.2, 0.25) is 0 Å². The summed E-state index contributed by atoms with van der Waals surface area (Å²) >= 11 is 1.20. The highest BCUT2D eigenvalue weighted by atomic mass is 32.2. The highest BCUT2D eigenvalue weighted by Crippen LogP contribution is 2.22. The first kappa shape index (κ1) is 23.3. The quantitative estimate of drug-likeness (QED) is 0.610. The van der Waals surface area contributed by atoms with Crippen LogP contribution in [-0.2, 0) is 19.4 Å². The summed E-state index contributed by atoms with van der Waals surface area (Å²) in [6.07, 6.45) is 0. The highest BCUT2D eigenvalue weighted by Gasteiger charge is 2.38. The molecule has 0 aromatic heterocycles. The van der Waals surface area contributed by atoms with E-state index in [0.29, 0.717) is 0 Å². The van der Waals surface area contributed by atoms with Crippen molar-refractivity contribution >= 4 is 39.1 Å². The van der Waals surface area contributed by atoms with Gasteiger partial charge in [0.05, 0.1) is 10.6 Å². The maximum Gasteiger partial charge on any atom is 0.241 e. The third kappa shape index (κ3) is 5.66. The van der Waals surface area contributed by atoms with Crippen LogP contribution in [0.1, 0.15) is 22.3 Å². The zero-order valence-corrected chi connectivity index (χ0v) is 19.6. The number of hydrogen-bond acceptors (Lipinski definition) is 6. The van der Waals surface area contributed by atoms with E-state index in [1.165, 1.54) is 17.8 Å². The van der Waals surface area contributed by atoms with Gasteiger partial charge in [0.25, 0.3) is 0 Å². The predicted molar refractivity (Wildman–Crippen MR) is 124 cm³/mol. The van der Waals surface area contributed by atoms with Gasteiger partial charge in [0.2, 0.25) is 11.8 Å². The van der Waals surface area contributed by atoms with Crippen LogP contribution < -0.4 is 16.0 Å². The molecule has 1 aliphatic heterocycles. The van der Waals surface area contributed by atoms with Crippen molar-refractivity contribution in [1.29, 1.82) is 0 Å². The molecule has 0 saturated carbocycles. The Balaban J connectivity index is 1.56. The molecule has 1 heterocycles. The fourth-order valence-corrected chi connectivity index (χ4v) is 5.79. The minimum absolute atomic E-state index is 0.0164. The maximum atomic E-state index is 12.9. The van der Waals surface area contributed by atoms with Crippen molar-refractivity contribution in [2.75, 3.05) is 17.6 Å². The summed E-state index contributed by atoms with van der Waals surface area (Å²) in [6, 6.07) is 10.7. The molecule has 31 heavy (non-hydrogen) atoms. The van der Waals surface area contributed by atoms with Crippen LogP contribution in [0.5, 0.6) is 0 Å². The molecule has 2 aromatic carbocycles. The third-order valence-electron chi connectivity index (χ3n) is 5.12. The molecule has 2 amide bonds. The topological polar surface area (TPSA) is 104 Å². The molecule has 2 aromatic rings. The van der Waals surface area contributed by atoms with Gasteiger partial charge in [-0.25, -0.2) is 8.42 Å². The third-order valence-corrected chi connectivity index (χ3v) is 8.21. The monoisotopic (exact) mass is 461 g/mol. The Hall–Kier alpha value is -2.36. The van der Waals surface area contributed by atoms with Crippen LogP contribution in [0.15, 0.2) is 41.3 Å². The van der Waals surface area contributed by atoms with Crippen LogP contribution in [0, 0.1) is 27.7 Å². The maximum absolute atomic E-state index is 12.9. The van der Waals surface area contributed by atoms with Gasteiger partial charge in [0.15, 0.2) is 15.1 Å². The predicted octanol–water partition coefficient (Wildman–Crippen LogP) is 2.44. The molecule has 0 spiro atoms. The number of sulfone groups is 1. The molecule has 2 atom stereocenters. The lowest BCUT2D eigenvalue weighted by atomic mass is 10.1. The molecule has 0 radical (unpaired) electrons. The van der Waals surface area contributed by atoms with Gasteiger partial charge in [-0.2, -0.15) is 0 Å². The summed E-state index contributed by atoms with van der Waals surface area (Å²) in [5.41, 5.74) is 4.14. The van der Waals surface area contributed by atoms with Gasteiger partial charge in [-0.3, -0.25) is 14.9 Å². The van der Waals surface area contributed by atoms with E-state index < -0.39 is 26.5 Å². The number of carbonyl (C=O) groups is 2. The van der Waals surface area contributed by atoms with E-state index in [0.717, 1.165) is 27.9 Å². The summed E-state index contributed by atoms with van der Waals surface area (Å²) in [5, 5.41) is 7.30. The van der Waals surface area contributed by atoms with Crippen molar-refractivity contribution in [2.24, 2.45) is 0 Å². The van der Waals surface area contributed by atoms with Gasteiger partial charge in [0.1, 0.15) is 5.50 Å². The number of carbonyl (C=O) groups excluding carboxylic acids is 2. The number of hydrogen-bond donors (Lipinski definition) is 3. The van der Waals surface area contributed by atoms with Crippen molar-refractivity contribution in [1.82, 2.24) is 10.6 Å². The first-order valence-corrected chi connectivity index (χ1v) is 12.5. The molecular formula is C22H27N3O4S2. The minimum Gasteiger partial charge on any atom is -0.331 e. The van der Waals surface area contributed by atoms with Crippen LogP contribution in [0.3, 0.4) is 0 Å². The normalized spacial score (nSPS) is 19.0. The minimum atomic E-state index is -3.82. The largest absolute Gasteiger partial charge is 0.331 e. The summed E-state index contributed by atoms with van der Waals surface area (Å²) < 4.78 is 25.8. The summed E-state index contributed by atoms with van der Waals surface area (Å²) in [7, 11) is -3.82.